The van der Waals surface area contributed by atoms with Gasteiger partial charge in [-0.1, -0.05) is 25.5 Å². The molecule has 2 N–H and O–H groups in total. The Balaban J connectivity index is 2.27. The number of rotatable bonds is 4. The molecule has 1 rings (SSSR count). The Morgan fingerprint density at radius 3 is 2.82 bits per heavy atom. The molecule has 11 heavy (non-hydrogen) atoms. The minimum absolute atomic E-state index is 0.170. The molecule has 0 aromatic rings. The third kappa shape index (κ3) is 2.04. The molecule has 2 heteroatoms. The van der Waals surface area contributed by atoms with Gasteiger partial charge in [-0.15, -0.1) is 0 Å². The number of aliphatic hydroxyl groups excluding tert-OH is 1. The van der Waals surface area contributed by atoms with E-state index in [0.29, 0.717) is 12.3 Å². The summed E-state index contributed by atoms with van der Waals surface area (Å²) in [5.41, 5.74) is -0.524. The highest BCUT2D eigenvalue weighted by Gasteiger charge is 2.48. The molecule has 1 saturated carbocycles. The third-order valence-electron chi connectivity index (χ3n) is 2.32. The first-order valence-electron chi connectivity index (χ1n) is 4.24. The van der Waals surface area contributed by atoms with Crippen LogP contribution in [0.15, 0.2) is 12.2 Å². The summed E-state index contributed by atoms with van der Waals surface area (Å²) in [7, 11) is 0. The molecule has 0 aromatic carbocycles. The van der Waals surface area contributed by atoms with Crippen LogP contribution in [0, 0.1) is 5.92 Å². The Bertz CT molecular complexity index is 154. The maximum absolute atomic E-state index is 9.65. The Morgan fingerprint density at radius 2 is 2.36 bits per heavy atom. The molecule has 2 atom stereocenters. The van der Waals surface area contributed by atoms with Crippen LogP contribution in [0.2, 0.25) is 0 Å². The molecule has 1 fully saturated rings. The molecule has 0 amide bonds. The zero-order chi connectivity index (χ0) is 8.32. The van der Waals surface area contributed by atoms with E-state index in [2.05, 4.69) is 6.92 Å². The minimum Gasteiger partial charge on any atom is -0.396 e. The highest BCUT2D eigenvalue weighted by atomic mass is 16.3. The van der Waals surface area contributed by atoms with E-state index >= 15 is 0 Å². The van der Waals surface area contributed by atoms with Gasteiger partial charge in [-0.25, -0.2) is 0 Å². The molecule has 1 aliphatic carbocycles. The van der Waals surface area contributed by atoms with E-state index in [1.165, 1.54) is 0 Å². The van der Waals surface area contributed by atoms with Crippen LogP contribution >= 0.6 is 0 Å². The molecule has 0 aromatic heterocycles. The summed E-state index contributed by atoms with van der Waals surface area (Å²) in [6.07, 6.45) is 6.27. The first-order valence-corrected chi connectivity index (χ1v) is 4.24. The average Bonchev–Trinajstić information content (AvgIpc) is 2.63. The molecule has 0 aliphatic heterocycles. The lowest BCUT2D eigenvalue weighted by atomic mass is 10.2. The Labute approximate surface area is 67.6 Å². The lowest BCUT2D eigenvalue weighted by molar-refractivity contribution is 0.180. The zero-order valence-electron chi connectivity index (χ0n) is 6.95. The smallest absolute Gasteiger partial charge is 0.0860 e. The van der Waals surface area contributed by atoms with Gasteiger partial charge in [0.15, 0.2) is 0 Å². The minimum atomic E-state index is -0.524. The van der Waals surface area contributed by atoms with Gasteiger partial charge in [0, 0.05) is 6.61 Å². The van der Waals surface area contributed by atoms with Gasteiger partial charge in [-0.05, 0) is 18.8 Å². The fourth-order valence-electron chi connectivity index (χ4n) is 1.40. The van der Waals surface area contributed by atoms with Gasteiger partial charge in [0.1, 0.15) is 0 Å². The fourth-order valence-corrected chi connectivity index (χ4v) is 1.40. The summed E-state index contributed by atoms with van der Waals surface area (Å²) in [5, 5.41) is 18.1. The molecule has 0 saturated heterocycles. The number of aliphatic hydroxyl groups is 2. The fraction of sp³-hybridized carbons (Fsp3) is 0.778. The van der Waals surface area contributed by atoms with E-state index in [1.54, 1.807) is 0 Å². The molecule has 0 radical (unpaired) electrons. The molecule has 0 heterocycles. The quantitative estimate of drug-likeness (QED) is 0.598. The van der Waals surface area contributed by atoms with E-state index in [1.807, 2.05) is 12.2 Å². The van der Waals surface area contributed by atoms with Crippen molar-refractivity contribution in [3.8, 4) is 0 Å². The molecule has 0 bridgehead atoms. The van der Waals surface area contributed by atoms with Gasteiger partial charge in [0.05, 0.1) is 5.60 Å². The van der Waals surface area contributed by atoms with Crippen LogP contribution in [0.5, 0.6) is 0 Å². The van der Waals surface area contributed by atoms with Crippen LogP contribution in [0.4, 0.5) is 0 Å². The monoisotopic (exact) mass is 156 g/mol. The first kappa shape index (κ1) is 8.75. The molecule has 1 aliphatic rings. The summed E-state index contributed by atoms with van der Waals surface area (Å²) < 4.78 is 0. The van der Waals surface area contributed by atoms with Crippen molar-refractivity contribution in [2.24, 2.45) is 5.92 Å². The van der Waals surface area contributed by atoms with Crippen molar-refractivity contribution in [1.29, 1.82) is 0 Å². The Kier molecular flexibility index (Phi) is 2.68. The first-order chi connectivity index (χ1) is 5.23. The van der Waals surface area contributed by atoms with E-state index in [0.717, 1.165) is 12.8 Å². The second-order valence-electron chi connectivity index (χ2n) is 3.22. The SMILES string of the molecule is CC[C@@H]1C[C@]1(O)/C=C/CCO. The van der Waals surface area contributed by atoms with Gasteiger partial charge in [-0.3, -0.25) is 0 Å². The van der Waals surface area contributed by atoms with Crippen LogP contribution in [0.3, 0.4) is 0 Å². The zero-order valence-corrected chi connectivity index (χ0v) is 6.95. The van der Waals surface area contributed by atoms with Gasteiger partial charge in [-0.2, -0.15) is 0 Å². The van der Waals surface area contributed by atoms with Crippen LogP contribution in [-0.2, 0) is 0 Å². The van der Waals surface area contributed by atoms with E-state index in [-0.39, 0.29) is 6.61 Å². The lowest BCUT2D eigenvalue weighted by Crippen LogP contribution is -2.05. The second kappa shape index (κ2) is 3.37. The van der Waals surface area contributed by atoms with Gasteiger partial charge in [0.2, 0.25) is 0 Å². The molecule has 0 unspecified atom stereocenters. The highest BCUT2D eigenvalue weighted by molar-refractivity contribution is 5.16. The summed E-state index contributed by atoms with van der Waals surface area (Å²) >= 11 is 0. The molecular weight excluding hydrogens is 140 g/mol. The van der Waals surface area contributed by atoms with Crippen molar-refractivity contribution in [2.45, 2.75) is 31.8 Å². The predicted octanol–water partition coefficient (Wildman–Crippen LogP) is 1.09. The Hall–Kier alpha value is -0.340. The topological polar surface area (TPSA) is 40.5 Å². The van der Waals surface area contributed by atoms with E-state index in [9.17, 15) is 5.11 Å². The maximum Gasteiger partial charge on any atom is 0.0860 e. The van der Waals surface area contributed by atoms with Crippen LogP contribution in [0.1, 0.15) is 26.2 Å². The second-order valence-corrected chi connectivity index (χ2v) is 3.22. The summed E-state index contributed by atoms with van der Waals surface area (Å²) in [4.78, 5) is 0. The third-order valence-corrected chi connectivity index (χ3v) is 2.32. The largest absolute Gasteiger partial charge is 0.396 e. The van der Waals surface area contributed by atoms with E-state index < -0.39 is 5.60 Å². The summed E-state index contributed by atoms with van der Waals surface area (Å²) in [6, 6.07) is 0. The molecule has 0 spiro atoms. The standard InChI is InChI=1S/C9H16O2/c1-2-8-7-9(8,11)5-3-4-6-10/h3,5,8,10-11H,2,4,6-7H2,1H3/b5-3+/t8-,9-/m1/s1. The average molecular weight is 156 g/mol. The van der Waals surface area contributed by atoms with Gasteiger partial charge >= 0.3 is 0 Å². The maximum atomic E-state index is 9.65. The number of hydrogen-bond acceptors (Lipinski definition) is 2. The van der Waals surface area contributed by atoms with Gasteiger partial charge < -0.3 is 10.2 Å². The van der Waals surface area contributed by atoms with Crippen LogP contribution in [-0.4, -0.2) is 22.4 Å². The van der Waals surface area contributed by atoms with Crippen molar-refractivity contribution in [3.63, 3.8) is 0 Å². The molecule has 2 nitrogen and oxygen atoms in total. The summed E-state index contributed by atoms with van der Waals surface area (Å²) in [5.74, 6) is 0.456. The van der Waals surface area contributed by atoms with Crippen molar-refractivity contribution in [1.82, 2.24) is 0 Å². The summed E-state index contributed by atoms with van der Waals surface area (Å²) in [6.45, 7) is 2.26. The molecular formula is C9H16O2. The lowest BCUT2D eigenvalue weighted by Gasteiger charge is -2.00. The van der Waals surface area contributed by atoms with Crippen LogP contribution < -0.4 is 0 Å². The van der Waals surface area contributed by atoms with Crippen molar-refractivity contribution in [2.75, 3.05) is 6.61 Å². The van der Waals surface area contributed by atoms with Crippen LogP contribution in [0.25, 0.3) is 0 Å². The van der Waals surface area contributed by atoms with Crippen molar-refractivity contribution in [3.05, 3.63) is 12.2 Å². The molecule has 64 valence electrons. The van der Waals surface area contributed by atoms with E-state index in [4.69, 9.17) is 5.11 Å². The Morgan fingerprint density at radius 1 is 1.64 bits per heavy atom. The van der Waals surface area contributed by atoms with Crippen molar-refractivity contribution < 1.29 is 10.2 Å². The van der Waals surface area contributed by atoms with Gasteiger partial charge in [0.25, 0.3) is 0 Å². The predicted molar refractivity (Wildman–Crippen MR) is 44.2 cm³/mol. The highest BCUT2D eigenvalue weighted by Crippen LogP contribution is 2.46. The normalized spacial score (nSPS) is 36.5. The number of hydrogen-bond donors (Lipinski definition) is 2. The van der Waals surface area contributed by atoms with Crippen molar-refractivity contribution >= 4 is 0 Å².